The van der Waals surface area contributed by atoms with Gasteiger partial charge in [0, 0.05) is 17.3 Å². The summed E-state index contributed by atoms with van der Waals surface area (Å²) in [4.78, 5) is 23.6. The maximum atomic E-state index is 12.4. The van der Waals surface area contributed by atoms with Gasteiger partial charge in [0.1, 0.15) is 0 Å². The van der Waals surface area contributed by atoms with Crippen LogP contribution in [-0.4, -0.2) is 31.4 Å². The fourth-order valence-electron chi connectivity index (χ4n) is 2.51. The van der Waals surface area contributed by atoms with Crippen molar-refractivity contribution in [1.82, 2.24) is 4.72 Å². The predicted octanol–water partition coefficient (Wildman–Crippen LogP) is 2.57. The highest BCUT2D eigenvalue weighted by Crippen LogP contribution is 2.23. The van der Waals surface area contributed by atoms with Gasteiger partial charge in [-0.3, -0.25) is 9.59 Å². The van der Waals surface area contributed by atoms with Crippen molar-refractivity contribution in [3.63, 3.8) is 0 Å². The Bertz CT molecular complexity index is 966. The van der Waals surface area contributed by atoms with Gasteiger partial charge in [-0.25, -0.2) is 13.1 Å². The van der Waals surface area contributed by atoms with E-state index in [1.165, 1.54) is 24.3 Å². The quantitative estimate of drug-likeness (QED) is 0.675. The monoisotopic (exact) mass is 388 g/mol. The number of hydrogen-bond donors (Lipinski definition) is 3. The first kappa shape index (κ1) is 19.1. The van der Waals surface area contributed by atoms with Gasteiger partial charge in [-0.05, 0) is 61.7 Å². The zero-order valence-corrected chi connectivity index (χ0v) is 15.5. The zero-order chi connectivity index (χ0) is 19.6. The number of carbonyl (C=O) groups is 2. The first-order valence-corrected chi connectivity index (χ1v) is 10.0. The highest BCUT2D eigenvalue weighted by Gasteiger charge is 2.28. The fourth-order valence-corrected chi connectivity index (χ4v) is 3.81. The molecule has 1 saturated carbocycles. The van der Waals surface area contributed by atoms with Crippen molar-refractivity contribution in [3.8, 4) is 0 Å². The number of anilines is 1. The van der Waals surface area contributed by atoms with E-state index >= 15 is 0 Å². The molecule has 0 spiro atoms. The van der Waals surface area contributed by atoms with E-state index in [1.807, 2.05) is 0 Å². The summed E-state index contributed by atoms with van der Waals surface area (Å²) in [6.07, 6.45) is 1.69. The zero-order valence-electron chi connectivity index (χ0n) is 14.7. The summed E-state index contributed by atoms with van der Waals surface area (Å²) in [7, 11) is -3.56. The maximum Gasteiger partial charge on any atom is 0.310 e. The molecule has 2 aromatic carbocycles. The van der Waals surface area contributed by atoms with Gasteiger partial charge in [-0.1, -0.05) is 12.1 Å². The predicted molar refractivity (Wildman–Crippen MR) is 100 cm³/mol. The Morgan fingerprint density at radius 1 is 1.11 bits per heavy atom. The van der Waals surface area contributed by atoms with Gasteiger partial charge in [0.2, 0.25) is 10.0 Å². The molecule has 27 heavy (non-hydrogen) atoms. The van der Waals surface area contributed by atoms with E-state index in [0.717, 1.165) is 12.8 Å². The Morgan fingerprint density at radius 2 is 1.78 bits per heavy atom. The van der Waals surface area contributed by atoms with Crippen LogP contribution in [0.3, 0.4) is 0 Å². The molecule has 3 rings (SSSR count). The minimum atomic E-state index is -3.56. The molecule has 3 N–H and O–H groups in total. The van der Waals surface area contributed by atoms with Gasteiger partial charge >= 0.3 is 5.97 Å². The van der Waals surface area contributed by atoms with E-state index < -0.39 is 27.8 Å². The summed E-state index contributed by atoms with van der Waals surface area (Å²) in [5.74, 6) is -2.05. The van der Waals surface area contributed by atoms with Crippen molar-refractivity contribution < 1.29 is 23.1 Å². The minimum absolute atomic E-state index is 0.0124. The van der Waals surface area contributed by atoms with Crippen molar-refractivity contribution >= 4 is 27.6 Å². The smallest absolute Gasteiger partial charge is 0.310 e. The molecule has 0 aromatic heterocycles. The topological polar surface area (TPSA) is 113 Å². The van der Waals surface area contributed by atoms with E-state index in [-0.39, 0.29) is 10.9 Å². The molecule has 0 radical (unpaired) electrons. The highest BCUT2D eigenvalue weighted by atomic mass is 32.2. The van der Waals surface area contributed by atoms with Crippen molar-refractivity contribution in [2.24, 2.45) is 0 Å². The van der Waals surface area contributed by atoms with Crippen LogP contribution < -0.4 is 10.0 Å². The molecule has 8 heteroatoms. The molecular weight excluding hydrogens is 368 g/mol. The third kappa shape index (κ3) is 4.72. The van der Waals surface area contributed by atoms with E-state index in [4.69, 9.17) is 5.11 Å². The summed E-state index contributed by atoms with van der Waals surface area (Å²) in [6, 6.07) is 12.3. The van der Waals surface area contributed by atoms with Crippen LogP contribution in [0.15, 0.2) is 53.4 Å². The standard InChI is InChI=1S/C19H20N2O5S/c1-12(19(23)24)14-3-2-4-16(11-14)20-18(22)13-5-9-17(10-6-13)27(25,26)21-15-7-8-15/h2-6,9-12,15,21H,7-8H2,1H3,(H,20,22)(H,23,24). The normalized spacial score (nSPS) is 15.1. The van der Waals surface area contributed by atoms with Gasteiger partial charge in [0.05, 0.1) is 10.8 Å². The summed E-state index contributed by atoms with van der Waals surface area (Å²) < 4.78 is 26.9. The van der Waals surface area contributed by atoms with Crippen LogP contribution in [0, 0.1) is 0 Å². The second kappa shape index (κ2) is 7.50. The van der Waals surface area contributed by atoms with Gasteiger partial charge in [-0.15, -0.1) is 0 Å². The van der Waals surface area contributed by atoms with Crippen LogP contribution in [0.5, 0.6) is 0 Å². The first-order chi connectivity index (χ1) is 12.8. The first-order valence-electron chi connectivity index (χ1n) is 8.53. The molecule has 7 nitrogen and oxygen atoms in total. The molecule has 1 aliphatic rings. The molecule has 2 aromatic rings. The van der Waals surface area contributed by atoms with Crippen molar-refractivity contribution in [1.29, 1.82) is 0 Å². The lowest BCUT2D eigenvalue weighted by molar-refractivity contribution is -0.138. The SMILES string of the molecule is CC(C(=O)O)c1cccc(NC(=O)c2ccc(S(=O)(=O)NC3CC3)cc2)c1. The molecule has 142 valence electrons. The summed E-state index contributed by atoms with van der Waals surface area (Å²) in [5, 5.41) is 11.8. The Morgan fingerprint density at radius 3 is 2.37 bits per heavy atom. The number of sulfonamides is 1. The number of amides is 1. The van der Waals surface area contributed by atoms with Crippen LogP contribution >= 0.6 is 0 Å². The Labute approximate surface area is 157 Å². The van der Waals surface area contributed by atoms with Crippen LogP contribution in [0.25, 0.3) is 0 Å². The lowest BCUT2D eigenvalue weighted by Crippen LogP contribution is -2.25. The highest BCUT2D eigenvalue weighted by molar-refractivity contribution is 7.89. The molecule has 0 heterocycles. The molecule has 1 amide bonds. The molecule has 0 bridgehead atoms. The summed E-state index contributed by atoms with van der Waals surface area (Å²) >= 11 is 0. The average molecular weight is 388 g/mol. The van der Waals surface area contributed by atoms with E-state index in [2.05, 4.69) is 10.0 Å². The minimum Gasteiger partial charge on any atom is -0.481 e. The number of hydrogen-bond acceptors (Lipinski definition) is 4. The number of nitrogens with one attached hydrogen (secondary N) is 2. The molecule has 0 aliphatic heterocycles. The number of aliphatic carboxylic acids is 1. The maximum absolute atomic E-state index is 12.4. The molecule has 1 aliphatic carbocycles. The number of carboxylic acids is 1. The molecule has 1 atom stereocenters. The van der Waals surface area contributed by atoms with Gasteiger partial charge in [0.25, 0.3) is 5.91 Å². The lowest BCUT2D eigenvalue weighted by atomic mass is 10.0. The summed E-state index contributed by atoms with van der Waals surface area (Å²) in [6.45, 7) is 1.57. The second-order valence-electron chi connectivity index (χ2n) is 6.56. The fraction of sp³-hybridized carbons (Fsp3) is 0.263. The van der Waals surface area contributed by atoms with Crippen molar-refractivity contribution in [2.75, 3.05) is 5.32 Å². The Balaban J connectivity index is 1.71. The number of rotatable bonds is 7. The van der Waals surface area contributed by atoms with E-state index in [1.54, 1.807) is 31.2 Å². The Kier molecular flexibility index (Phi) is 5.29. The lowest BCUT2D eigenvalue weighted by Gasteiger charge is -2.10. The molecule has 1 unspecified atom stereocenters. The van der Waals surface area contributed by atoms with Crippen LogP contribution in [-0.2, 0) is 14.8 Å². The van der Waals surface area contributed by atoms with Crippen molar-refractivity contribution in [3.05, 3.63) is 59.7 Å². The van der Waals surface area contributed by atoms with Gasteiger partial charge < -0.3 is 10.4 Å². The Hall–Kier alpha value is -2.71. The third-order valence-corrected chi connectivity index (χ3v) is 5.88. The number of carboxylic acid groups (broad SMARTS) is 1. The van der Waals surface area contributed by atoms with E-state index in [9.17, 15) is 18.0 Å². The second-order valence-corrected chi connectivity index (χ2v) is 8.27. The largest absolute Gasteiger partial charge is 0.481 e. The number of benzene rings is 2. The number of carbonyl (C=O) groups excluding carboxylic acids is 1. The van der Waals surface area contributed by atoms with Crippen molar-refractivity contribution in [2.45, 2.75) is 36.6 Å². The summed E-state index contributed by atoms with van der Waals surface area (Å²) in [5.41, 5.74) is 1.35. The average Bonchev–Trinajstić information content (AvgIpc) is 3.44. The van der Waals surface area contributed by atoms with Crippen LogP contribution in [0.2, 0.25) is 0 Å². The third-order valence-electron chi connectivity index (χ3n) is 4.34. The van der Waals surface area contributed by atoms with Gasteiger partial charge in [-0.2, -0.15) is 0 Å². The van der Waals surface area contributed by atoms with Crippen LogP contribution in [0.4, 0.5) is 5.69 Å². The van der Waals surface area contributed by atoms with E-state index in [0.29, 0.717) is 16.8 Å². The van der Waals surface area contributed by atoms with Gasteiger partial charge in [0.15, 0.2) is 0 Å². The molecular formula is C19H20N2O5S. The molecule has 1 fully saturated rings. The molecule has 0 saturated heterocycles. The van der Waals surface area contributed by atoms with Crippen LogP contribution in [0.1, 0.15) is 41.6 Å².